The van der Waals surface area contributed by atoms with Gasteiger partial charge in [-0.3, -0.25) is 4.79 Å². The van der Waals surface area contributed by atoms with E-state index in [9.17, 15) is 9.90 Å². The summed E-state index contributed by atoms with van der Waals surface area (Å²) in [6.45, 7) is 4.72. The highest BCUT2D eigenvalue weighted by atomic mass is 79.9. The molecule has 0 unspecified atom stereocenters. The largest absolute Gasteiger partial charge is 0.507 e. The van der Waals surface area contributed by atoms with Gasteiger partial charge in [-0.05, 0) is 31.0 Å². The zero-order valence-corrected chi connectivity index (χ0v) is 13.5. The highest BCUT2D eigenvalue weighted by Crippen LogP contribution is 2.24. The lowest BCUT2D eigenvalue weighted by molar-refractivity contribution is 0.0680. The van der Waals surface area contributed by atoms with Crippen LogP contribution in [0.4, 0.5) is 0 Å². The number of halogens is 2. The maximum absolute atomic E-state index is 12.6. The zero-order chi connectivity index (χ0) is 14.4. The predicted octanol–water partition coefficient (Wildman–Crippen LogP) is 4.07. The van der Waals surface area contributed by atoms with Crippen LogP contribution in [0.2, 0.25) is 5.02 Å². The van der Waals surface area contributed by atoms with Crippen molar-refractivity contribution >= 4 is 33.4 Å². The summed E-state index contributed by atoms with van der Waals surface area (Å²) < 4.78 is 0. The summed E-state index contributed by atoms with van der Waals surface area (Å²) in [5.74, 6) is -0.201. The van der Waals surface area contributed by atoms with Gasteiger partial charge in [0.15, 0.2) is 0 Å². The minimum atomic E-state index is -0.173. The maximum Gasteiger partial charge on any atom is 0.257 e. The Kier molecular flexibility index (Phi) is 6.66. The van der Waals surface area contributed by atoms with Gasteiger partial charge in [-0.2, -0.15) is 0 Å². The Morgan fingerprint density at radius 3 is 2.58 bits per heavy atom. The van der Waals surface area contributed by atoms with Crippen LogP contribution in [0.15, 0.2) is 18.2 Å². The van der Waals surface area contributed by atoms with Crippen LogP contribution in [0, 0.1) is 0 Å². The number of alkyl halides is 1. The van der Waals surface area contributed by atoms with E-state index in [-0.39, 0.29) is 23.3 Å². The highest BCUT2D eigenvalue weighted by Gasteiger charge is 2.24. The second kappa shape index (κ2) is 7.75. The molecule has 1 amide bonds. The zero-order valence-electron chi connectivity index (χ0n) is 11.2. The lowest BCUT2D eigenvalue weighted by Crippen LogP contribution is -2.41. The van der Waals surface area contributed by atoms with Crippen molar-refractivity contribution in [2.24, 2.45) is 0 Å². The molecule has 0 radical (unpaired) electrons. The molecule has 0 heterocycles. The molecule has 5 heteroatoms. The molecule has 1 aromatic carbocycles. The van der Waals surface area contributed by atoms with E-state index in [0.29, 0.717) is 16.9 Å². The number of carbonyl (C=O) groups is 1. The van der Waals surface area contributed by atoms with Crippen molar-refractivity contribution in [3.8, 4) is 5.75 Å². The molecule has 0 aliphatic carbocycles. The molecule has 106 valence electrons. The van der Waals surface area contributed by atoms with Crippen LogP contribution < -0.4 is 0 Å². The Bertz CT molecular complexity index is 435. The van der Waals surface area contributed by atoms with E-state index < -0.39 is 0 Å². The fourth-order valence-electron chi connectivity index (χ4n) is 2.10. The Labute approximate surface area is 127 Å². The molecular weight excluding hydrogens is 330 g/mol. The molecule has 0 fully saturated rings. The van der Waals surface area contributed by atoms with Gasteiger partial charge in [-0.1, -0.05) is 41.4 Å². The summed E-state index contributed by atoms with van der Waals surface area (Å²) in [4.78, 5) is 14.3. The normalized spacial score (nSPS) is 10.8. The van der Waals surface area contributed by atoms with Crippen molar-refractivity contribution in [2.75, 3.05) is 11.9 Å². The summed E-state index contributed by atoms with van der Waals surface area (Å²) in [5, 5.41) is 11.0. The molecule has 0 spiro atoms. The number of hydrogen-bond donors (Lipinski definition) is 1. The van der Waals surface area contributed by atoms with Gasteiger partial charge in [0.05, 0.1) is 5.56 Å². The number of aromatic hydroxyl groups is 1. The van der Waals surface area contributed by atoms with E-state index >= 15 is 0 Å². The Hall–Kier alpha value is -0.740. The number of nitrogens with zero attached hydrogens (tertiary/aromatic N) is 1. The minimum Gasteiger partial charge on any atom is -0.507 e. The number of phenols is 1. The molecule has 19 heavy (non-hydrogen) atoms. The van der Waals surface area contributed by atoms with E-state index in [2.05, 4.69) is 29.8 Å². The first-order valence-electron chi connectivity index (χ1n) is 6.40. The fraction of sp³-hybridized carbons (Fsp3) is 0.500. The van der Waals surface area contributed by atoms with Crippen LogP contribution in [-0.2, 0) is 0 Å². The summed E-state index contributed by atoms with van der Waals surface area (Å²) in [6, 6.07) is 4.71. The van der Waals surface area contributed by atoms with Gasteiger partial charge >= 0.3 is 0 Å². The van der Waals surface area contributed by atoms with Crippen molar-refractivity contribution in [1.29, 1.82) is 0 Å². The fourth-order valence-corrected chi connectivity index (χ4v) is 2.66. The smallest absolute Gasteiger partial charge is 0.257 e. The molecule has 0 aliphatic heterocycles. The average Bonchev–Trinajstić information content (AvgIpc) is 2.41. The number of benzene rings is 1. The summed E-state index contributed by atoms with van der Waals surface area (Å²) >= 11 is 9.27. The summed E-state index contributed by atoms with van der Waals surface area (Å²) in [5.41, 5.74) is 0.264. The topological polar surface area (TPSA) is 40.5 Å². The van der Waals surface area contributed by atoms with Gasteiger partial charge in [-0.15, -0.1) is 0 Å². The summed E-state index contributed by atoms with van der Waals surface area (Å²) in [7, 11) is 0. The Morgan fingerprint density at radius 1 is 1.42 bits per heavy atom. The van der Waals surface area contributed by atoms with Crippen LogP contribution in [0.3, 0.4) is 0 Å². The van der Waals surface area contributed by atoms with Gasteiger partial charge in [0, 0.05) is 22.9 Å². The standard InChI is InChI=1S/C14H19BrClNO2/c1-3-11(4-2)17(8-7-15)14(19)12-9-10(16)5-6-13(12)18/h5-6,9,11,18H,3-4,7-8H2,1-2H3. The molecule has 0 saturated heterocycles. The van der Waals surface area contributed by atoms with Gasteiger partial charge in [0.1, 0.15) is 5.75 Å². The predicted molar refractivity (Wildman–Crippen MR) is 82.3 cm³/mol. The van der Waals surface area contributed by atoms with E-state index in [0.717, 1.165) is 12.8 Å². The van der Waals surface area contributed by atoms with Crippen LogP contribution in [0.25, 0.3) is 0 Å². The number of rotatable bonds is 6. The van der Waals surface area contributed by atoms with E-state index in [4.69, 9.17) is 11.6 Å². The Balaban J connectivity index is 3.08. The van der Waals surface area contributed by atoms with E-state index in [1.54, 1.807) is 11.0 Å². The van der Waals surface area contributed by atoms with Crippen LogP contribution >= 0.6 is 27.5 Å². The van der Waals surface area contributed by atoms with Gasteiger partial charge in [-0.25, -0.2) is 0 Å². The molecule has 0 aliphatic rings. The molecule has 0 saturated carbocycles. The van der Waals surface area contributed by atoms with Crippen molar-refractivity contribution < 1.29 is 9.90 Å². The van der Waals surface area contributed by atoms with Crippen molar-refractivity contribution in [3.63, 3.8) is 0 Å². The molecule has 1 rings (SSSR count). The maximum atomic E-state index is 12.6. The van der Waals surface area contributed by atoms with Crippen LogP contribution in [-0.4, -0.2) is 33.8 Å². The van der Waals surface area contributed by atoms with E-state index in [1.807, 2.05) is 0 Å². The third-order valence-corrected chi connectivity index (χ3v) is 3.75. The molecule has 0 atom stereocenters. The van der Waals surface area contributed by atoms with Crippen molar-refractivity contribution in [2.45, 2.75) is 32.7 Å². The molecule has 1 N–H and O–H groups in total. The van der Waals surface area contributed by atoms with Crippen molar-refractivity contribution in [3.05, 3.63) is 28.8 Å². The first-order valence-corrected chi connectivity index (χ1v) is 7.90. The van der Waals surface area contributed by atoms with Crippen LogP contribution in [0.1, 0.15) is 37.0 Å². The van der Waals surface area contributed by atoms with Gasteiger partial charge in [0.2, 0.25) is 0 Å². The second-order valence-electron chi connectivity index (χ2n) is 4.32. The minimum absolute atomic E-state index is 0.0278. The number of amides is 1. The molecule has 0 bridgehead atoms. The third-order valence-electron chi connectivity index (χ3n) is 3.16. The molecular formula is C14H19BrClNO2. The summed E-state index contributed by atoms with van der Waals surface area (Å²) in [6.07, 6.45) is 1.77. The third kappa shape index (κ3) is 4.11. The monoisotopic (exact) mass is 347 g/mol. The van der Waals surface area contributed by atoms with Crippen LogP contribution in [0.5, 0.6) is 5.75 Å². The van der Waals surface area contributed by atoms with Gasteiger partial charge < -0.3 is 10.0 Å². The first-order chi connectivity index (χ1) is 9.04. The molecule has 1 aromatic rings. The number of hydrogen-bond acceptors (Lipinski definition) is 2. The first kappa shape index (κ1) is 16.3. The molecule has 3 nitrogen and oxygen atoms in total. The quantitative estimate of drug-likeness (QED) is 0.787. The lowest BCUT2D eigenvalue weighted by Gasteiger charge is -2.30. The number of phenolic OH excluding ortho intramolecular Hbond substituents is 1. The average molecular weight is 349 g/mol. The lowest BCUT2D eigenvalue weighted by atomic mass is 10.1. The second-order valence-corrected chi connectivity index (χ2v) is 5.55. The van der Waals surface area contributed by atoms with Gasteiger partial charge in [0.25, 0.3) is 5.91 Å². The molecule has 0 aromatic heterocycles. The van der Waals surface area contributed by atoms with Crippen molar-refractivity contribution in [1.82, 2.24) is 4.90 Å². The SMILES string of the molecule is CCC(CC)N(CCBr)C(=O)c1cc(Cl)ccc1O. The highest BCUT2D eigenvalue weighted by molar-refractivity contribution is 9.09. The van der Waals surface area contributed by atoms with E-state index in [1.165, 1.54) is 12.1 Å². The number of carbonyl (C=O) groups excluding carboxylic acids is 1. The Morgan fingerprint density at radius 2 is 2.05 bits per heavy atom.